The van der Waals surface area contributed by atoms with Crippen LogP contribution in [-0.2, 0) is 17.0 Å². The van der Waals surface area contributed by atoms with Crippen LogP contribution in [0, 0.1) is 6.92 Å². The Morgan fingerprint density at radius 1 is 1.44 bits per heavy atom. The van der Waals surface area contributed by atoms with Crippen molar-refractivity contribution in [3.63, 3.8) is 0 Å². The smallest absolute Gasteiger partial charge is 0.258 e. The first-order valence-electron chi connectivity index (χ1n) is 8.20. The van der Waals surface area contributed by atoms with Crippen molar-refractivity contribution in [1.82, 2.24) is 30.2 Å². The average molecular weight is 358 g/mol. The minimum absolute atomic E-state index is 0.122. The second kappa shape index (κ2) is 6.93. The molecule has 0 aliphatic carbocycles. The fourth-order valence-corrected chi connectivity index (χ4v) is 3.71. The van der Waals surface area contributed by atoms with Gasteiger partial charge in [-0.1, -0.05) is 23.9 Å². The third-order valence-electron chi connectivity index (χ3n) is 4.22. The van der Waals surface area contributed by atoms with Crippen LogP contribution in [0.15, 0.2) is 28.2 Å². The second-order valence-electron chi connectivity index (χ2n) is 6.05. The first kappa shape index (κ1) is 16.2. The van der Waals surface area contributed by atoms with Crippen molar-refractivity contribution in [2.24, 2.45) is 0 Å². The summed E-state index contributed by atoms with van der Waals surface area (Å²) in [7, 11) is 0. The van der Waals surface area contributed by atoms with Gasteiger partial charge in [0.05, 0.1) is 29.3 Å². The van der Waals surface area contributed by atoms with Gasteiger partial charge in [-0.15, -0.1) is 5.10 Å². The van der Waals surface area contributed by atoms with Gasteiger partial charge in [0.1, 0.15) is 5.82 Å². The first-order valence-corrected chi connectivity index (χ1v) is 9.18. The molecule has 3 aromatic rings. The normalized spacial score (nSPS) is 17.4. The Morgan fingerprint density at radius 3 is 3.20 bits per heavy atom. The molecule has 130 valence electrons. The van der Waals surface area contributed by atoms with Crippen LogP contribution in [0.25, 0.3) is 10.9 Å². The molecule has 1 aromatic carbocycles. The van der Waals surface area contributed by atoms with Gasteiger partial charge in [0.2, 0.25) is 5.16 Å². The Kier molecular flexibility index (Phi) is 4.50. The Morgan fingerprint density at radius 2 is 2.36 bits per heavy atom. The average Bonchev–Trinajstić information content (AvgIpc) is 3.26. The summed E-state index contributed by atoms with van der Waals surface area (Å²) in [5, 5.41) is 13.2. The molecular formula is C16H18N6O2S. The van der Waals surface area contributed by atoms with E-state index in [-0.39, 0.29) is 11.7 Å². The number of hydrogen-bond acceptors (Lipinski definition) is 7. The molecular weight excluding hydrogens is 340 g/mol. The SMILES string of the molecule is Cc1cccc2c(=O)[nH]c(CSc3nnnn3C[C@@H]3CCCO3)nc12. The van der Waals surface area contributed by atoms with Crippen molar-refractivity contribution in [3.8, 4) is 0 Å². The van der Waals surface area contributed by atoms with Gasteiger partial charge in [-0.25, -0.2) is 9.67 Å². The summed E-state index contributed by atoms with van der Waals surface area (Å²) in [5.41, 5.74) is 1.60. The van der Waals surface area contributed by atoms with E-state index in [4.69, 9.17) is 4.74 Å². The number of ether oxygens (including phenoxy) is 1. The molecule has 1 saturated heterocycles. The number of thioether (sulfide) groups is 1. The van der Waals surface area contributed by atoms with Crippen LogP contribution in [-0.4, -0.2) is 42.9 Å². The van der Waals surface area contributed by atoms with Gasteiger partial charge in [-0.05, 0) is 41.8 Å². The van der Waals surface area contributed by atoms with E-state index < -0.39 is 0 Å². The van der Waals surface area contributed by atoms with E-state index in [0.29, 0.717) is 28.7 Å². The molecule has 1 atom stereocenters. The molecule has 1 aliphatic heterocycles. The number of H-pyrrole nitrogens is 1. The molecule has 1 N–H and O–H groups in total. The number of nitrogens with zero attached hydrogens (tertiary/aromatic N) is 5. The largest absolute Gasteiger partial charge is 0.376 e. The molecule has 0 saturated carbocycles. The van der Waals surface area contributed by atoms with E-state index in [1.54, 1.807) is 10.7 Å². The highest BCUT2D eigenvalue weighted by molar-refractivity contribution is 7.98. The van der Waals surface area contributed by atoms with Crippen molar-refractivity contribution in [1.29, 1.82) is 0 Å². The highest BCUT2D eigenvalue weighted by atomic mass is 32.2. The number of hydrogen-bond donors (Lipinski definition) is 1. The van der Waals surface area contributed by atoms with Crippen LogP contribution < -0.4 is 5.56 Å². The Balaban J connectivity index is 1.52. The van der Waals surface area contributed by atoms with Gasteiger partial charge < -0.3 is 9.72 Å². The van der Waals surface area contributed by atoms with Crippen LogP contribution in [0.4, 0.5) is 0 Å². The van der Waals surface area contributed by atoms with Crippen molar-refractivity contribution in [2.75, 3.05) is 6.61 Å². The van der Waals surface area contributed by atoms with E-state index in [0.717, 1.165) is 30.5 Å². The number of nitrogens with one attached hydrogen (secondary N) is 1. The van der Waals surface area contributed by atoms with Crippen LogP contribution in [0.1, 0.15) is 24.2 Å². The van der Waals surface area contributed by atoms with Crippen LogP contribution >= 0.6 is 11.8 Å². The maximum Gasteiger partial charge on any atom is 0.258 e. The molecule has 25 heavy (non-hydrogen) atoms. The molecule has 9 heteroatoms. The number of aromatic nitrogens is 6. The minimum Gasteiger partial charge on any atom is -0.376 e. The minimum atomic E-state index is -0.122. The highest BCUT2D eigenvalue weighted by Crippen LogP contribution is 2.21. The summed E-state index contributed by atoms with van der Waals surface area (Å²) in [5.74, 6) is 1.11. The lowest BCUT2D eigenvalue weighted by Gasteiger charge is -2.10. The third kappa shape index (κ3) is 3.42. The topological polar surface area (TPSA) is 98.6 Å². The number of benzene rings is 1. The van der Waals surface area contributed by atoms with E-state index in [1.165, 1.54) is 11.8 Å². The fourth-order valence-electron chi connectivity index (χ4n) is 2.95. The Labute approximate surface area is 148 Å². The van der Waals surface area contributed by atoms with Gasteiger partial charge in [-0.3, -0.25) is 4.79 Å². The van der Waals surface area contributed by atoms with Crippen molar-refractivity contribution in [3.05, 3.63) is 39.9 Å². The van der Waals surface area contributed by atoms with Gasteiger partial charge in [-0.2, -0.15) is 0 Å². The molecule has 4 rings (SSSR count). The van der Waals surface area contributed by atoms with Crippen molar-refractivity contribution < 1.29 is 4.74 Å². The molecule has 1 aliphatic rings. The van der Waals surface area contributed by atoms with E-state index in [2.05, 4.69) is 25.5 Å². The first-order chi connectivity index (χ1) is 12.2. The Bertz CT molecular complexity index is 947. The quantitative estimate of drug-likeness (QED) is 0.693. The number of tetrazole rings is 1. The molecule has 0 spiro atoms. The third-order valence-corrected chi connectivity index (χ3v) is 5.19. The molecule has 0 amide bonds. The zero-order chi connectivity index (χ0) is 17.2. The second-order valence-corrected chi connectivity index (χ2v) is 6.99. The zero-order valence-electron chi connectivity index (χ0n) is 13.8. The zero-order valence-corrected chi connectivity index (χ0v) is 14.6. The molecule has 0 unspecified atom stereocenters. The summed E-state index contributed by atoms with van der Waals surface area (Å²) in [6.45, 7) is 3.40. The fraction of sp³-hybridized carbons (Fsp3) is 0.438. The van der Waals surface area contributed by atoms with E-state index >= 15 is 0 Å². The molecule has 0 radical (unpaired) electrons. The van der Waals surface area contributed by atoms with Crippen LogP contribution in [0.2, 0.25) is 0 Å². The number of aryl methyl sites for hydroxylation is 1. The van der Waals surface area contributed by atoms with Crippen LogP contribution in [0.3, 0.4) is 0 Å². The van der Waals surface area contributed by atoms with Gasteiger partial charge >= 0.3 is 0 Å². The number of para-hydroxylation sites is 1. The van der Waals surface area contributed by atoms with Crippen molar-refractivity contribution >= 4 is 22.7 Å². The number of rotatable bonds is 5. The molecule has 0 bridgehead atoms. The number of aromatic amines is 1. The summed E-state index contributed by atoms with van der Waals surface area (Å²) >= 11 is 1.45. The Hall–Kier alpha value is -2.26. The van der Waals surface area contributed by atoms with Crippen molar-refractivity contribution in [2.45, 2.75) is 43.3 Å². The van der Waals surface area contributed by atoms with Gasteiger partial charge in [0.25, 0.3) is 5.56 Å². The molecule has 2 aromatic heterocycles. The summed E-state index contributed by atoms with van der Waals surface area (Å²) in [6, 6.07) is 5.60. The standard InChI is InChI=1S/C16H18N6O2S/c1-10-4-2-6-12-14(10)17-13(18-15(12)23)9-25-16-19-20-21-22(16)8-11-5-3-7-24-11/h2,4,6,11H,3,5,7-9H2,1H3,(H,17,18,23)/t11-/m0/s1. The van der Waals surface area contributed by atoms with Gasteiger partial charge in [0, 0.05) is 6.61 Å². The maximum absolute atomic E-state index is 12.2. The highest BCUT2D eigenvalue weighted by Gasteiger charge is 2.19. The monoisotopic (exact) mass is 358 g/mol. The lowest BCUT2D eigenvalue weighted by atomic mass is 10.1. The molecule has 8 nitrogen and oxygen atoms in total. The predicted molar refractivity (Wildman–Crippen MR) is 93.5 cm³/mol. The summed E-state index contributed by atoms with van der Waals surface area (Å²) in [4.78, 5) is 19.7. The van der Waals surface area contributed by atoms with Crippen LogP contribution in [0.5, 0.6) is 0 Å². The van der Waals surface area contributed by atoms with E-state index in [9.17, 15) is 4.79 Å². The lowest BCUT2D eigenvalue weighted by Crippen LogP contribution is -2.17. The predicted octanol–water partition coefficient (Wildman–Crippen LogP) is 1.69. The summed E-state index contributed by atoms with van der Waals surface area (Å²) in [6.07, 6.45) is 2.28. The molecule has 1 fully saturated rings. The maximum atomic E-state index is 12.2. The summed E-state index contributed by atoms with van der Waals surface area (Å²) < 4.78 is 7.39. The lowest BCUT2D eigenvalue weighted by molar-refractivity contribution is 0.0912. The molecule has 3 heterocycles. The van der Waals surface area contributed by atoms with Gasteiger partial charge in [0.15, 0.2) is 0 Å². The van der Waals surface area contributed by atoms with E-state index in [1.807, 2.05) is 19.1 Å². The number of fused-ring (bicyclic) bond motifs is 1.